The minimum Gasteiger partial charge on any atom is -0.271 e. The Kier molecular flexibility index (Phi) is 5.25. The second kappa shape index (κ2) is 6.65. The molecule has 0 atom stereocenters. The molecule has 0 aromatic heterocycles. The highest BCUT2D eigenvalue weighted by Gasteiger charge is 2.41. The van der Waals surface area contributed by atoms with Gasteiger partial charge >= 0.3 is 0 Å². The predicted octanol–water partition coefficient (Wildman–Crippen LogP) is 4.62. The van der Waals surface area contributed by atoms with Gasteiger partial charge in [0.2, 0.25) is 0 Å². The molecule has 3 nitrogen and oxygen atoms in total. The monoisotopic (exact) mass is 357 g/mol. The first-order valence-corrected chi connectivity index (χ1v) is 8.61. The largest absolute Gasteiger partial charge is 0.271 e. The van der Waals surface area contributed by atoms with Crippen molar-refractivity contribution in [3.63, 3.8) is 0 Å². The van der Waals surface area contributed by atoms with Crippen molar-refractivity contribution in [3.05, 3.63) is 38.7 Å². The van der Waals surface area contributed by atoms with Crippen LogP contribution in [0.15, 0.2) is 23.1 Å². The second-order valence-electron chi connectivity index (χ2n) is 5.57. The van der Waals surface area contributed by atoms with Crippen molar-refractivity contribution in [3.8, 4) is 0 Å². The summed E-state index contributed by atoms with van der Waals surface area (Å²) in [5, 5.41) is 1.04. The fourth-order valence-corrected chi connectivity index (χ4v) is 3.76. The van der Waals surface area contributed by atoms with Crippen LogP contribution in [0.2, 0.25) is 10.0 Å². The number of thioether (sulfide) groups is 1. The van der Waals surface area contributed by atoms with Gasteiger partial charge in [0, 0.05) is 21.9 Å². The van der Waals surface area contributed by atoms with Gasteiger partial charge in [-0.05, 0) is 26.0 Å². The molecule has 0 spiro atoms. The fourth-order valence-electron chi connectivity index (χ4n) is 2.27. The average molecular weight is 358 g/mol. The zero-order valence-electron chi connectivity index (χ0n) is 12.8. The smallest absolute Gasteiger partial charge is 0.268 e. The van der Waals surface area contributed by atoms with Crippen LogP contribution in [-0.2, 0) is 9.59 Å². The van der Waals surface area contributed by atoms with Crippen molar-refractivity contribution in [2.45, 2.75) is 39.0 Å². The van der Waals surface area contributed by atoms with Gasteiger partial charge in [-0.1, -0.05) is 43.1 Å². The van der Waals surface area contributed by atoms with E-state index in [0.29, 0.717) is 26.1 Å². The third kappa shape index (κ3) is 3.19. The highest BCUT2D eigenvalue weighted by atomic mass is 35.5. The van der Waals surface area contributed by atoms with E-state index in [1.54, 1.807) is 18.2 Å². The standard InChI is InChI=1S/C16H17Cl2NO2S/c1-8(2)19-15(20)13(14(16(19)21)22-9(3)4)11-6-5-10(17)7-12(11)18/h5-9H,1-4H3. The van der Waals surface area contributed by atoms with Gasteiger partial charge in [0.25, 0.3) is 11.8 Å². The molecule has 0 N–H and O–H groups in total. The molecule has 1 aliphatic rings. The molecule has 0 unspecified atom stereocenters. The van der Waals surface area contributed by atoms with Gasteiger partial charge in [-0.3, -0.25) is 14.5 Å². The summed E-state index contributed by atoms with van der Waals surface area (Å²) >= 11 is 13.5. The number of halogens is 2. The quantitative estimate of drug-likeness (QED) is 0.737. The Labute approximate surface area is 144 Å². The number of imide groups is 1. The zero-order valence-corrected chi connectivity index (χ0v) is 15.1. The lowest BCUT2D eigenvalue weighted by atomic mass is 10.1. The number of benzene rings is 1. The molecule has 22 heavy (non-hydrogen) atoms. The first kappa shape index (κ1) is 17.4. The van der Waals surface area contributed by atoms with Crippen LogP contribution < -0.4 is 0 Å². The minimum absolute atomic E-state index is 0.180. The molecule has 118 valence electrons. The first-order valence-electron chi connectivity index (χ1n) is 6.98. The molecular weight excluding hydrogens is 341 g/mol. The number of hydrogen-bond donors (Lipinski definition) is 0. The lowest BCUT2D eigenvalue weighted by Crippen LogP contribution is -2.37. The van der Waals surface area contributed by atoms with Gasteiger partial charge in [-0.25, -0.2) is 0 Å². The van der Waals surface area contributed by atoms with Gasteiger partial charge in [-0.15, -0.1) is 11.8 Å². The third-order valence-electron chi connectivity index (χ3n) is 3.14. The summed E-state index contributed by atoms with van der Waals surface area (Å²) in [6.45, 7) is 7.60. The molecule has 2 rings (SSSR count). The van der Waals surface area contributed by atoms with Crippen LogP contribution in [0.25, 0.3) is 5.57 Å². The predicted molar refractivity (Wildman–Crippen MR) is 93.1 cm³/mol. The molecule has 0 saturated carbocycles. The van der Waals surface area contributed by atoms with Crippen LogP contribution in [0.1, 0.15) is 33.3 Å². The molecule has 1 aromatic rings. The minimum atomic E-state index is -0.299. The van der Waals surface area contributed by atoms with Crippen LogP contribution in [0, 0.1) is 0 Å². The summed E-state index contributed by atoms with van der Waals surface area (Å²) in [6.07, 6.45) is 0. The second-order valence-corrected chi connectivity index (χ2v) is 8.00. The van der Waals surface area contributed by atoms with Crippen molar-refractivity contribution in [2.75, 3.05) is 0 Å². The Bertz CT molecular complexity index is 668. The van der Waals surface area contributed by atoms with E-state index in [-0.39, 0.29) is 23.1 Å². The maximum atomic E-state index is 12.7. The van der Waals surface area contributed by atoms with Gasteiger partial charge in [0.05, 0.1) is 15.5 Å². The van der Waals surface area contributed by atoms with E-state index in [4.69, 9.17) is 23.2 Å². The lowest BCUT2D eigenvalue weighted by Gasteiger charge is -2.19. The average Bonchev–Trinajstić information content (AvgIpc) is 2.61. The number of amides is 2. The topological polar surface area (TPSA) is 37.4 Å². The van der Waals surface area contributed by atoms with Gasteiger partial charge in [0.1, 0.15) is 0 Å². The Morgan fingerprint density at radius 1 is 1.05 bits per heavy atom. The summed E-state index contributed by atoms with van der Waals surface area (Å²) in [5.74, 6) is -0.549. The van der Waals surface area contributed by atoms with E-state index >= 15 is 0 Å². The van der Waals surface area contributed by atoms with Gasteiger partial charge < -0.3 is 0 Å². The molecular formula is C16H17Cl2NO2S. The molecule has 0 radical (unpaired) electrons. The molecule has 1 heterocycles. The Hall–Kier alpha value is -0.970. The summed E-state index contributed by atoms with van der Waals surface area (Å²) in [4.78, 5) is 27.1. The SMILES string of the molecule is CC(C)SC1=C(c2ccc(Cl)cc2Cl)C(=O)N(C(C)C)C1=O. The maximum Gasteiger partial charge on any atom is 0.268 e. The number of carbonyl (C=O) groups excluding carboxylic acids is 2. The molecule has 2 amide bonds. The van der Waals surface area contributed by atoms with E-state index in [2.05, 4.69) is 0 Å². The van der Waals surface area contributed by atoms with Crippen molar-refractivity contribution in [1.82, 2.24) is 4.90 Å². The molecule has 0 fully saturated rings. The van der Waals surface area contributed by atoms with Crippen molar-refractivity contribution in [1.29, 1.82) is 0 Å². The fraction of sp³-hybridized carbons (Fsp3) is 0.375. The molecule has 0 saturated heterocycles. The maximum absolute atomic E-state index is 12.7. The summed E-state index contributed by atoms with van der Waals surface area (Å²) in [6, 6.07) is 4.74. The van der Waals surface area contributed by atoms with Crippen LogP contribution in [0.5, 0.6) is 0 Å². The number of nitrogens with zero attached hydrogens (tertiary/aromatic N) is 1. The first-order chi connectivity index (χ1) is 10.2. The number of carbonyl (C=O) groups is 2. The van der Waals surface area contributed by atoms with E-state index in [1.165, 1.54) is 16.7 Å². The van der Waals surface area contributed by atoms with Crippen LogP contribution in [-0.4, -0.2) is 28.0 Å². The van der Waals surface area contributed by atoms with Crippen LogP contribution in [0.3, 0.4) is 0 Å². The third-order valence-corrected chi connectivity index (χ3v) is 4.78. The molecule has 1 aliphatic heterocycles. The normalized spacial score (nSPS) is 15.7. The highest BCUT2D eigenvalue weighted by molar-refractivity contribution is 8.04. The Morgan fingerprint density at radius 3 is 2.18 bits per heavy atom. The highest BCUT2D eigenvalue weighted by Crippen LogP contribution is 2.41. The molecule has 6 heteroatoms. The number of hydrogen-bond acceptors (Lipinski definition) is 3. The number of rotatable bonds is 4. The van der Waals surface area contributed by atoms with Crippen LogP contribution in [0.4, 0.5) is 0 Å². The van der Waals surface area contributed by atoms with Gasteiger partial charge in [-0.2, -0.15) is 0 Å². The summed E-state index contributed by atoms with van der Waals surface area (Å²) in [5.41, 5.74) is 0.926. The Morgan fingerprint density at radius 2 is 1.68 bits per heavy atom. The molecule has 0 aliphatic carbocycles. The van der Waals surface area contributed by atoms with Crippen molar-refractivity contribution >= 4 is 52.4 Å². The van der Waals surface area contributed by atoms with E-state index in [0.717, 1.165) is 0 Å². The van der Waals surface area contributed by atoms with E-state index in [9.17, 15) is 9.59 Å². The zero-order chi connectivity index (χ0) is 16.6. The van der Waals surface area contributed by atoms with Crippen molar-refractivity contribution < 1.29 is 9.59 Å². The Balaban J connectivity index is 2.62. The molecule has 1 aromatic carbocycles. The summed E-state index contributed by atoms with van der Waals surface area (Å²) < 4.78 is 0. The molecule has 0 bridgehead atoms. The van der Waals surface area contributed by atoms with E-state index in [1.807, 2.05) is 27.7 Å². The van der Waals surface area contributed by atoms with Crippen LogP contribution >= 0.6 is 35.0 Å². The van der Waals surface area contributed by atoms with Crippen molar-refractivity contribution in [2.24, 2.45) is 0 Å². The van der Waals surface area contributed by atoms with Gasteiger partial charge in [0.15, 0.2) is 0 Å². The lowest BCUT2D eigenvalue weighted by molar-refractivity contribution is -0.138. The summed E-state index contributed by atoms with van der Waals surface area (Å²) in [7, 11) is 0. The van der Waals surface area contributed by atoms with E-state index < -0.39 is 0 Å².